The minimum absolute atomic E-state index is 0.119. The first kappa shape index (κ1) is 16.8. The van der Waals surface area contributed by atoms with Gasteiger partial charge in [-0.3, -0.25) is 4.79 Å². The Labute approximate surface area is 121 Å². The lowest BCUT2D eigenvalue weighted by Gasteiger charge is -2.23. The van der Waals surface area contributed by atoms with Gasteiger partial charge < -0.3 is 14.9 Å². The zero-order valence-electron chi connectivity index (χ0n) is 12.6. The monoisotopic (exact) mass is 282 g/mol. The number of carbonyl (C=O) groups excluding carboxylic acids is 1. The second kappa shape index (κ2) is 8.10. The molecule has 3 unspecified atom stereocenters. The molecule has 0 heterocycles. The molecule has 1 rings (SSSR count). The lowest BCUT2D eigenvalue weighted by atomic mass is 9.83. The predicted octanol–water partition coefficient (Wildman–Crippen LogP) is 3.12. The number of allylic oxidation sites excluding steroid dienone is 2. The van der Waals surface area contributed by atoms with Crippen molar-refractivity contribution in [3.05, 3.63) is 23.5 Å². The van der Waals surface area contributed by atoms with Crippen LogP contribution in [0.5, 0.6) is 0 Å². The number of methoxy groups -OCH3 is 1. The Morgan fingerprint density at radius 1 is 1.50 bits per heavy atom. The van der Waals surface area contributed by atoms with Crippen molar-refractivity contribution >= 4 is 5.97 Å². The van der Waals surface area contributed by atoms with Gasteiger partial charge in [-0.2, -0.15) is 0 Å². The summed E-state index contributed by atoms with van der Waals surface area (Å²) in [5.74, 6) is 0.0694. The van der Waals surface area contributed by atoms with Crippen molar-refractivity contribution in [2.24, 2.45) is 11.8 Å². The summed E-state index contributed by atoms with van der Waals surface area (Å²) in [6.45, 7) is 3.63. The molecule has 0 aromatic rings. The molecule has 0 fully saturated rings. The molecule has 4 heteroatoms. The number of carbonyl (C=O) groups is 1. The van der Waals surface area contributed by atoms with Crippen molar-refractivity contribution in [1.29, 1.82) is 0 Å². The van der Waals surface area contributed by atoms with E-state index in [1.54, 1.807) is 13.0 Å². The van der Waals surface area contributed by atoms with Crippen LogP contribution < -0.4 is 0 Å². The van der Waals surface area contributed by atoms with E-state index in [-0.39, 0.29) is 23.6 Å². The molecule has 0 radical (unpaired) electrons. The number of ether oxygens (including phenoxy) is 1. The van der Waals surface area contributed by atoms with Crippen LogP contribution in [0.15, 0.2) is 23.5 Å². The Bertz CT molecular complexity index is 382. The van der Waals surface area contributed by atoms with Crippen molar-refractivity contribution < 1.29 is 19.7 Å². The van der Waals surface area contributed by atoms with Crippen molar-refractivity contribution in [2.75, 3.05) is 7.11 Å². The lowest BCUT2D eigenvalue weighted by Crippen LogP contribution is -2.24. The fourth-order valence-electron chi connectivity index (χ4n) is 2.83. The molecule has 2 N–H and O–H groups in total. The summed E-state index contributed by atoms with van der Waals surface area (Å²) >= 11 is 0. The molecular formula is C16H26O4. The van der Waals surface area contributed by atoms with Gasteiger partial charge in [-0.1, -0.05) is 13.0 Å². The average molecular weight is 282 g/mol. The van der Waals surface area contributed by atoms with Crippen LogP contribution in [0.1, 0.15) is 46.0 Å². The maximum absolute atomic E-state index is 11.9. The van der Waals surface area contributed by atoms with Gasteiger partial charge in [0.05, 0.1) is 19.1 Å². The molecule has 4 nitrogen and oxygen atoms in total. The highest BCUT2D eigenvalue weighted by Crippen LogP contribution is 2.30. The number of esters is 1. The highest BCUT2D eigenvalue weighted by molar-refractivity contribution is 5.72. The van der Waals surface area contributed by atoms with Crippen LogP contribution in [0.2, 0.25) is 0 Å². The molecule has 1 aliphatic carbocycles. The van der Waals surface area contributed by atoms with Crippen molar-refractivity contribution in [2.45, 2.75) is 52.1 Å². The summed E-state index contributed by atoms with van der Waals surface area (Å²) in [6.07, 6.45) is 6.91. The lowest BCUT2D eigenvalue weighted by molar-refractivity contribution is -0.147. The number of aliphatic hydroxyl groups excluding tert-OH is 2. The summed E-state index contributed by atoms with van der Waals surface area (Å²) in [5.41, 5.74) is 0.552. The Balaban J connectivity index is 2.93. The molecule has 20 heavy (non-hydrogen) atoms. The SMILES string of the molecule is CCC(C(=O)OC)C1C/C=C(C(C)O)\C(O)=C/CCC1. The third kappa shape index (κ3) is 4.37. The quantitative estimate of drug-likeness (QED) is 0.777. The molecule has 1 aliphatic rings. The summed E-state index contributed by atoms with van der Waals surface area (Å²) < 4.78 is 4.88. The van der Waals surface area contributed by atoms with Crippen LogP contribution in [0.3, 0.4) is 0 Å². The van der Waals surface area contributed by atoms with Crippen LogP contribution in [0, 0.1) is 11.8 Å². The van der Waals surface area contributed by atoms with E-state index in [1.165, 1.54) is 7.11 Å². The molecule has 0 amide bonds. The van der Waals surface area contributed by atoms with Gasteiger partial charge in [0.15, 0.2) is 0 Å². The molecule has 0 bridgehead atoms. The minimum atomic E-state index is -0.705. The molecular weight excluding hydrogens is 256 g/mol. The van der Waals surface area contributed by atoms with Gasteiger partial charge in [-0.15, -0.1) is 0 Å². The molecule has 0 saturated heterocycles. The van der Waals surface area contributed by atoms with Gasteiger partial charge >= 0.3 is 5.97 Å². The first-order chi connectivity index (χ1) is 9.51. The fourth-order valence-corrected chi connectivity index (χ4v) is 2.83. The molecule has 0 aromatic heterocycles. The largest absolute Gasteiger partial charge is 0.508 e. The third-order valence-electron chi connectivity index (χ3n) is 4.02. The zero-order valence-corrected chi connectivity index (χ0v) is 12.6. The van der Waals surface area contributed by atoms with Gasteiger partial charge in [0.2, 0.25) is 0 Å². The summed E-state index contributed by atoms with van der Waals surface area (Å²) in [4.78, 5) is 11.9. The van der Waals surface area contributed by atoms with Gasteiger partial charge in [0.1, 0.15) is 5.76 Å². The van der Waals surface area contributed by atoms with E-state index >= 15 is 0 Å². The van der Waals surface area contributed by atoms with Crippen molar-refractivity contribution in [1.82, 2.24) is 0 Å². The summed E-state index contributed by atoms with van der Waals surface area (Å²) in [5, 5.41) is 19.7. The normalized spacial score (nSPS) is 28.7. The first-order valence-electron chi connectivity index (χ1n) is 7.36. The Kier molecular flexibility index (Phi) is 6.79. The molecule has 0 aromatic carbocycles. The van der Waals surface area contributed by atoms with E-state index in [4.69, 9.17) is 4.74 Å². The third-order valence-corrected chi connectivity index (χ3v) is 4.02. The summed E-state index contributed by atoms with van der Waals surface area (Å²) in [7, 11) is 1.42. The van der Waals surface area contributed by atoms with E-state index in [0.717, 1.165) is 25.7 Å². The van der Waals surface area contributed by atoms with Gasteiger partial charge in [0, 0.05) is 5.57 Å². The Morgan fingerprint density at radius 3 is 2.75 bits per heavy atom. The maximum atomic E-state index is 11.9. The standard InChI is InChI=1S/C16H26O4/c1-4-13(16(19)20-3)12-7-5-6-8-15(18)14(10-9-12)11(2)17/h8,10-13,17-18H,4-7,9H2,1-3H3/b14-10-,15-8+. The summed E-state index contributed by atoms with van der Waals surface area (Å²) in [6, 6.07) is 0. The number of aliphatic hydroxyl groups is 2. The highest BCUT2D eigenvalue weighted by atomic mass is 16.5. The molecule has 0 saturated carbocycles. The van der Waals surface area contributed by atoms with E-state index in [9.17, 15) is 15.0 Å². The maximum Gasteiger partial charge on any atom is 0.308 e. The van der Waals surface area contributed by atoms with Crippen LogP contribution in [-0.2, 0) is 9.53 Å². The first-order valence-corrected chi connectivity index (χ1v) is 7.36. The van der Waals surface area contributed by atoms with Crippen molar-refractivity contribution in [3.8, 4) is 0 Å². The van der Waals surface area contributed by atoms with Crippen LogP contribution in [-0.4, -0.2) is 29.4 Å². The smallest absolute Gasteiger partial charge is 0.308 e. The molecule has 3 atom stereocenters. The highest BCUT2D eigenvalue weighted by Gasteiger charge is 2.27. The van der Waals surface area contributed by atoms with Gasteiger partial charge in [-0.25, -0.2) is 0 Å². The topological polar surface area (TPSA) is 66.8 Å². The number of rotatable bonds is 4. The molecule has 0 aliphatic heterocycles. The van der Waals surface area contributed by atoms with Crippen LogP contribution in [0.4, 0.5) is 0 Å². The fraction of sp³-hybridized carbons (Fsp3) is 0.688. The van der Waals surface area contributed by atoms with E-state index in [1.807, 2.05) is 13.0 Å². The van der Waals surface area contributed by atoms with Crippen LogP contribution in [0.25, 0.3) is 0 Å². The number of hydrogen-bond donors (Lipinski definition) is 2. The van der Waals surface area contributed by atoms with E-state index in [2.05, 4.69) is 0 Å². The van der Waals surface area contributed by atoms with E-state index in [0.29, 0.717) is 12.0 Å². The second-order valence-electron chi connectivity index (χ2n) is 5.39. The second-order valence-corrected chi connectivity index (χ2v) is 5.39. The molecule has 0 spiro atoms. The van der Waals surface area contributed by atoms with Crippen molar-refractivity contribution in [3.63, 3.8) is 0 Å². The van der Waals surface area contributed by atoms with E-state index < -0.39 is 6.10 Å². The zero-order chi connectivity index (χ0) is 15.1. The Hall–Kier alpha value is -1.29. The average Bonchev–Trinajstić information content (AvgIpc) is 2.50. The Morgan fingerprint density at radius 2 is 2.20 bits per heavy atom. The van der Waals surface area contributed by atoms with Crippen LogP contribution >= 0.6 is 0 Å². The minimum Gasteiger partial charge on any atom is -0.508 e. The van der Waals surface area contributed by atoms with Gasteiger partial charge in [-0.05, 0) is 51.0 Å². The van der Waals surface area contributed by atoms with Gasteiger partial charge in [0.25, 0.3) is 0 Å². The molecule has 114 valence electrons. The number of hydrogen-bond acceptors (Lipinski definition) is 4. The predicted molar refractivity (Wildman–Crippen MR) is 78.2 cm³/mol.